The van der Waals surface area contributed by atoms with Crippen molar-refractivity contribution in [2.75, 3.05) is 6.61 Å². The predicted octanol–water partition coefficient (Wildman–Crippen LogP) is 4.83. The van der Waals surface area contributed by atoms with Crippen LogP contribution in [0.5, 0.6) is 0 Å². The highest BCUT2D eigenvalue weighted by atomic mass is 28.4. The summed E-state index contributed by atoms with van der Waals surface area (Å²) >= 11 is 0. The van der Waals surface area contributed by atoms with Crippen LogP contribution in [-0.4, -0.2) is 14.9 Å². The van der Waals surface area contributed by atoms with E-state index < -0.39 is 8.32 Å². The van der Waals surface area contributed by atoms with E-state index in [-0.39, 0.29) is 0 Å². The van der Waals surface area contributed by atoms with Crippen LogP contribution in [0.2, 0.25) is 18.1 Å². The van der Waals surface area contributed by atoms with E-state index >= 15 is 0 Å². The van der Waals surface area contributed by atoms with Crippen molar-refractivity contribution >= 4 is 8.32 Å². The van der Waals surface area contributed by atoms with Gasteiger partial charge in [0.1, 0.15) is 0 Å². The summed E-state index contributed by atoms with van der Waals surface area (Å²) in [6.45, 7) is 17.4. The van der Waals surface area contributed by atoms with Crippen molar-refractivity contribution in [1.29, 1.82) is 0 Å². The third kappa shape index (κ3) is 2.89. The Bertz CT molecular complexity index is 234. The molecule has 1 saturated carbocycles. The monoisotopic (exact) mass is 242 g/mol. The molecule has 0 N–H and O–H groups in total. The van der Waals surface area contributed by atoms with Crippen LogP contribution in [0.1, 0.15) is 53.9 Å². The summed E-state index contributed by atoms with van der Waals surface area (Å²) in [5.74, 6) is 0.919. The van der Waals surface area contributed by atoms with Gasteiger partial charge in [-0.15, -0.1) is 0 Å². The Kier molecular flexibility index (Phi) is 3.96. The molecule has 0 bridgehead atoms. The molecule has 0 heterocycles. The number of hydrogen-bond acceptors (Lipinski definition) is 1. The van der Waals surface area contributed by atoms with Crippen LogP contribution >= 0.6 is 0 Å². The molecule has 0 amide bonds. The van der Waals surface area contributed by atoms with E-state index in [9.17, 15) is 0 Å². The summed E-state index contributed by atoms with van der Waals surface area (Å²) in [6, 6.07) is 0. The molecule has 1 nitrogen and oxygen atoms in total. The molecule has 1 fully saturated rings. The van der Waals surface area contributed by atoms with Gasteiger partial charge in [-0.05, 0) is 48.7 Å². The molecular weight excluding hydrogens is 212 g/mol. The van der Waals surface area contributed by atoms with Gasteiger partial charge >= 0.3 is 0 Å². The molecule has 1 aliphatic carbocycles. The molecular formula is C14H30OSi. The lowest BCUT2D eigenvalue weighted by Crippen LogP contribution is -2.47. The van der Waals surface area contributed by atoms with Crippen LogP contribution in [0.3, 0.4) is 0 Å². The van der Waals surface area contributed by atoms with Gasteiger partial charge in [0.15, 0.2) is 8.32 Å². The maximum Gasteiger partial charge on any atom is 0.192 e. The standard InChI is InChI=1S/C14H30OSi/c1-8-14(9-12(2)10-14)11-15-16(6,7)13(3,4)5/h12H,8-11H2,1-7H3/t12-,14+. The molecule has 0 atom stereocenters. The Balaban J connectivity index is 2.51. The molecule has 0 radical (unpaired) electrons. The lowest BCUT2D eigenvalue weighted by Gasteiger charge is -2.48. The second kappa shape index (κ2) is 4.45. The highest BCUT2D eigenvalue weighted by Gasteiger charge is 2.44. The van der Waals surface area contributed by atoms with Gasteiger partial charge in [-0.25, -0.2) is 0 Å². The Morgan fingerprint density at radius 2 is 1.75 bits per heavy atom. The Morgan fingerprint density at radius 3 is 2.06 bits per heavy atom. The predicted molar refractivity (Wildman–Crippen MR) is 74.3 cm³/mol. The summed E-state index contributed by atoms with van der Waals surface area (Å²) < 4.78 is 6.38. The topological polar surface area (TPSA) is 9.23 Å². The lowest BCUT2D eigenvalue weighted by molar-refractivity contribution is 0.00398. The first-order valence-corrected chi connectivity index (χ1v) is 9.67. The average molecular weight is 242 g/mol. The van der Waals surface area contributed by atoms with Crippen LogP contribution in [0.25, 0.3) is 0 Å². The van der Waals surface area contributed by atoms with Gasteiger partial charge in [0.2, 0.25) is 0 Å². The van der Waals surface area contributed by atoms with Gasteiger partial charge in [-0.2, -0.15) is 0 Å². The number of hydrogen-bond donors (Lipinski definition) is 0. The van der Waals surface area contributed by atoms with E-state index in [1.807, 2.05) is 0 Å². The minimum Gasteiger partial charge on any atom is -0.416 e. The second-order valence-corrected chi connectivity index (χ2v) is 12.2. The molecule has 0 saturated heterocycles. The largest absolute Gasteiger partial charge is 0.416 e. The average Bonchev–Trinajstić information content (AvgIpc) is 2.08. The Labute approximate surface area is 103 Å². The molecule has 96 valence electrons. The smallest absolute Gasteiger partial charge is 0.192 e. The minimum absolute atomic E-state index is 0.345. The number of rotatable bonds is 4. The fourth-order valence-electron chi connectivity index (χ4n) is 2.48. The fourth-order valence-corrected chi connectivity index (χ4v) is 3.58. The molecule has 16 heavy (non-hydrogen) atoms. The van der Waals surface area contributed by atoms with E-state index in [1.54, 1.807) is 0 Å². The highest BCUT2D eigenvalue weighted by Crippen LogP contribution is 2.49. The molecule has 0 aromatic carbocycles. The van der Waals surface area contributed by atoms with Crippen LogP contribution < -0.4 is 0 Å². The minimum atomic E-state index is -1.54. The van der Waals surface area contributed by atoms with Crippen molar-refractivity contribution in [1.82, 2.24) is 0 Å². The first kappa shape index (κ1) is 14.2. The third-order valence-corrected chi connectivity index (χ3v) is 9.34. The zero-order chi connectivity index (χ0) is 12.6. The molecule has 0 unspecified atom stereocenters. The van der Waals surface area contributed by atoms with E-state index in [0.717, 1.165) is 12.5 Å². The van der Waals surface area contributed by atoms with Gasteiger partial charge in [-0.3, -0.25) is 0 Å². The highest BCUT2D eigenvalue weighted by molar-refractivity contribution is 6.74. The first-order chi connectivity index (χ1) is 7.12. The van der Waals surface area contributed by atoms with Gasteiger partial charge in [0.05, 0.1) is 0 Å². The molecule has 1 aliphatic rings. The first-order valence-electron chi connectivity index (χ1n) is 6.76. The molecule has 0 aromatic rings. The normalized spacial score (nSPS) is 31.3. The molecule has 1 rings (SSSR count). The van der Waals surface area contributed by atoms with Crippen LogP contribution in [0, 0.1) is 11.3 Å². The summed E-state index contributed by atoms with van der Waals surface area (Å²) in [4.78, 5) is 0. The van der Waals surface area contributed by atoms with Crippen molar-refractivity contribution in [2.24, 2.45) is 11.3 Å². The van der Waals surface area contributed by atoms with Crippen LogP contribution in [0.4, 0.5) is 0 Å². The molecule has 0 spiro atoms. The van der Waals surface area contributed by atoms with Crippen molar-refractivity contribution in [2.45, 2.75) is 72.0 Å². The van der Waals surface area contributed by atoms with Crippen LogP contribution in [-0.2, 0) is 4.43 Å². The van der Waals surface area contributed by atoms with E-state index in [4.69, 9.17) is 4.43 Å². The lowest BCUT2D eigenvalue weighted by atomic mass is 9.62. The van der Waals surface area contributed by atoms with E-state index in [1.165, 1.54) is 19.3 Å². The molecule has 0 aliphatic heterocycles. The maximum atomic E-state index is 6.38. The Hall–Kier alpha value is 0.177. The second-order valence-electron chi connectivity index (χ2n) is 7.42. The van der Waals surface area contributed by atoms with Gasteiger partial charge in [-0.1, -0.05) is 34.6 Å². The summed E-state index contributed by atoms with van der Waals surface area (Å²) in [6.07, 6.45) is 4.03. The van der Waals surface area contributed by atoms with E-state index in [0.29, 0.717) is 10.5 Å². The fraction of sp³-hybridized carbons (Fsp3) is 1.00. The van der Waals surface area contributed by atoms with Crippen molar-refractivity contribution in [3.63, 3.8) is 0 Å². The zero-order valence-corrected chi connectivity index (χ0v) is 13.3. The quantitative estimate of drug-likeness (QED) is 0.641. The third-order valence-electron chi connectivity index (χ3n) is 4.86. The maximum absolute atomic E-state index is 6.38. The SMILES string of the molecule is CC[C@]1(CO[Si](C)(C)C(C)(C)C)C[C@@H](C)C1. The zero-order valence-electron chi connectivity index (χ0n) is 12.3. The Morgan fingerprint density at radius 1 is 1.25 bits per heavy atom. The molecule has 0 aromatic heterocycles. The van der Waals surface area contributed by atoms with Crippen molar-refractivity contribution < 1.29 is 4.43 Å². The summed E-state index contributed by atoms with van der Waals surface area (Å²) in [7, 11) is -1.54. The van der Waals surface area contributed by atoms with E-state index in [2.05, 4.69) is 47.7 Å². The van der Waals surface area contributed by atoms with Gasteiger partial charge in [0, 0.05) is 6.61 Å². The molecule has 2 heteroatoms. The van der Waals surface area contributed by atoms with Crippen molar-refractivity contribution in [3.8, 4) is 0 Å². The van der Waals surface area contributed by atoms with Gasteiger partial charge in [0.25, 0.3) is 0 Å². The van der Waals surface area contributed by atoms with Crippen LogP contribution in [0.15, 0.2) is 0 Å². The van der Waals surface area contributed by atoms with Crippen molar-refractivity contribution in [3.05, 3.63) is 0 Å². The summed E-state index contributed by atoms with van der Waals surface area (Å²) in [5, 5.41) is 0.345. The summed E-state index contributed by atoms with van der Waals surface area (Å²) in [5.41, 5.74) is 0.523. The van der Waals surface area contributed by atoms with Gasteiger partial charge < -0.3 is 4.43 Å².